The van der Waals surface area contributed by atoms with Gasteiger partial charge in [0.05, 0.1) is 6.54 Å². The quantitative estimate of drug-likeness (QED) is 0.670. The van der Waals surface area contributed by atoms with E-state index < -0.39 is 12.0 Å². The van der Waals surface area contributed by atoms with Crippen LogP contribution in [0.25, 0.3) is 0 Å². The molecule has 0 radical (unpaired) electrons. The highest BCUT2D eigenvalue weighted by Gasteiger charge is 2.24. The Labute approximate surface area is 90.5 Å². The van der Waals surface area contributed by atoms with Gasteiger partial charge < -0.3 is 15.3 Å². The van der Waals surface area contributed by atoms with E-state index in [0.29, 0.717) is 6.42 Å². The van der Waals surface area contributed by atoms with Crippen LogP contribution in [0.2, 0.25) is 0 Å². The Bertz CT molecular complexity index is 229. The molecule has 0 rings (SSSR count). The minimum atomic E-state index is -0.960. The summed E-state index contributed by atoms with van der Waals surface area (Å²) in [5.41, 5.74) is 0. The van der Waals surface area contributed by atoms with E-state index in [1.165, 1.54) is 11.9 Å². The SMILES string of the molecule is CCC(C(=O)O)N(C)C(=O)CNC(C)C. The average Bonchev–Trinajstić information content (AvgIpc) is 2.14. The first-order valence-electron chi connectivity index (χ1n) is 5.12. The average molecular weight is 216 g/mol. The van der Waals surface area contributed by atoms with Crippen molar-refractivity contribution in [1.29, 1.82) is 0 Å². The molecule has 0 aliphatic rings. The Hall–Kier alpha value is -1.10. The van der Waals surface area contributed by atoms with Gasteiger partial charge in [0.15, 0.2) is 0 Å². The molecule has 0 aromatic heterocycles. The summed E-state index contributed by atoms with van der Waals surface area (Å²) >= 11 is 0. The maximum absolute atomic E-state index is 11.6. The fourth-order valence-corrected chi connectivity index (χ4v) is 1.20. The molecule has 2 N–H and O–H groups in total. The fourth-order valence-electron chi connectivity index (χ4n) is 1.20. The molecular weight excluding hydrogens is 196 g/mol. The maximum Gasteiger partial charge on any atom is 0.326 e. The highest BCUT2D eigenvalue weighted by molar-refractivity contribution is 5.84. The second kappa shape index (κ2) is 6.40. The van der Waals surface area contributed by atoms with Gasteiger partial charge in [0, 0.05) is 13.1 Å². The summed E-state index contributed by atoms with van der Waals surface area (Å²) in [6.45, 7) is 5.79. The van der Waals surface area contributed by atoms with E-state index in [-0.39, 0.29) is 18.5 Å². The fraction of sp³-hybridized carbons (Fsp3) is 0.800. The van der Waals surface area contributed by atoms with Gasteiger partial charge >= 0.3 is 5.97 Å². The van der Waals surface area contributed by atoms with Crippen molar-refractivity contribution < 1.29 is 14.7 Å². The topological polar surface area (TPSA) is 69.6 Å². The molecule has 0 bridgehead atoms. The van der Waals surface area contributed by atoms with Gasteiger partial charge in [-0.05, 0) is 6.42 Å². The standard InChI is InChI=1S/C10H20N2O3/c1-5-8(10(14)15)12(4)9(13)6-11-7(2)3/h7-8,11H,5-6H2,1-4H3,(H,14,15). The smallest absolute Gasteiger partial charge is 0.326 e. The molecule has 15 heavy (non-hydrogen) atoms. The van der Waals surface area contributed by atoms with E-state index in [4.69, 9.17) is 5.11 Å². The van der Waals surface area contributed by atoms with Crippen LogP contribution in [0.4, 0.5) is 0 Å². The third-order valence-corrected chi connectivity index (χ3v) is 2.19. The van der Waals surface area contributed by atoms with Crippen LogP contribution >= 0.6 is 0 Å². The summed E-state index contributed by atoms with van der Waals surface area (Å²) in [7, 11) is 1.52. The maximum atomic E-state index is 11.6. The minimum Gasteiger partial charge on any atom is -0.480 e. The number of hydrogen-bond donors (Lipinski definition) is 2. The van der Waals surface area contributed by atoms with Crippen LogP contribution in [0.15, 0.2) is 0 Å². The molecule has 5 heteroatoms. The van der Waals surface area contributed by atoms with Crippen molar-refractivity contribution in [2.75, 3.05) is 13.6 Å². The molecule has 0 spiro atoms. The Morgan fingerprint density at radius 3 is 2.27 bits per heavy atom. The summed E-state index contributed by atoms with van der Waals surface area (Å²) in [6.07, 6.45) is 0.416. The largest absolute Gasteiger partial charge is 0.480 e. The normalized spacial score (nSPS) is 12.6. The van der Waals surface area contributed by atoms with E-state index in [9.17, 15) is 9.59 Å². The lowest BCUT2D eigenvalue weighted by Gasteiger charge is -2.24. The molecule has 1 unspecified atom stereocenters. The highest BCUT2D eigenvalue weighted by Crippen LogP contribution is 2.02. The first kappa shape index (κ1) is 13.9. The van der Waals surface area contributed by atoms with Crippen LogP contribution in [0.3, 0.4) is 0 Å². The molecule has 88 valence electrons. The van der Waals surface area contributed by atoms with Gasteiger partial charge in [-0.15, -0.1) is 0 Å². The number of carbonyl (C=O) groups is 2. The predicted molar refractivity (Wildman–Crippen MR) is 57.6 cm³/mol. The number of hydrogen-bond acceptors (Lipinski definition) is 3. The molecule has 0 aromatic rings. The van der Waals surface area contributed by atoms with Gasteiger partial charge in [-0.1, -0.05) is 20.8 Å². The van der Waals surface area contributed by atoms with Crippen molar-refractivity contribution in [1.82, 2.24) is 10.2 Å². The van der Waals surface area contributed by atoms with Crippen molar-refractivity contribution in [3.63, 3.8) is 0 Å². The Morgan fingerprint density at radius 2 is 1.93 bits per heavy atom. The minimum absolute atomic E-state index is 0.179. The van der Waals surface area contributed by atoms with Crippen LogP contribution in [0.1, 0.15) is 27.2 Å². The number of likely N-dealkylation sites (N-methyl/N-ethyl adjacent to an activating group) is 1. The molecule has 0 aromatic carbocycles. The number of nitrogens with zero attached hydrogens (tertiary/aromatic N) is 1. The van der Waals surface area contributed by atoms with Gasteiger partial charge in [0.1, 0.15) is 6.04 Å². The summed E-state index contributed by atoms with van der Waals surface area (Å²) in [4.78, 5) is 23.6. The van der Waals surface area contributed by atoms with Crippen molar-refractivity contribution in [2.45, 2.75) is 39.3 Å². The van der Waals surface area contributed by atoms with E-state index in [2.05, 4.69) is 5.32 Å². The summed E-state index contributed by atoms with van der Waals surface area (Å²) in [6, 6.07) is -0.515. The van der Waals surface area contributed by atoms with E-state index in [1.807, 2.05) is 13.8 Å². The predicted octanol–water partition coefficient (Wildman–Crippen LogP) is 0.306. The summed E-state index contributed by atoms with van der Waals surface area (Å²) in [5, 5.41) is 11.8. The summed E-state index contributed by atoms with van der Waals surface area (Å²) in [5.74, 6) is -1.16. The molecule has 1 atom stereocenters. The number of rotatable bonds is 6. The molecule has 0 saturated carbocycles. The first-order valence-corrected chi connectivity index (χ1v) is 5.12. The van der Waals surface area contributed by atoms with Gasteiger partial charge in [-0.25, -0.2) is 4.79 Å². The molecular formula is C10H20N2O3. The lowest BCUT2D eigenvalue weighted by atomic mass is 10.2. The number of aliphatic carboxylic acids is 1. The molecule has 0 aliphatic heterocycles. The van der Waals surface area contributed by atoms with Crippen LogP contribution in [0, 0.1) is 0 Å². The van der Waals surface area contributed by atoms with Gasteiger partial charge in [-0.2, -0.15) is 0 Å². The number of carboxylic acids is 1. The lowest BCUT2D eigenvalue weighted by molar-refractivity contribution is -0.148. The van der Waals surface area contributed by atoms with Crippen LogP contribution in [-0.4, -0.2) is 47.6 Å². The van der Waals surface area contributed by atoms with Crippen LogP contribution in [-0.2, 0) is 9.59 Å². The van der Waals surface area contributed by atoms with Crippen LogP contribution in [0.5, 0.6) is 0 Å². The van der Waals surface area contributed by atoms with Crippen molar-refractivity contribution in [3.8, 4) is 0 Å². The number of nitrogens with one attached hydrogen (secondary N) is 1. The number of amides is 1. The van der Waals surface area contributed by atoms with Crippen molar-refractivity contribution in [3.05, 3.63) is 0 Å². The molecule has 0 heterocycles. The zero-order valence-electron chi connectivity index (χ0n) is 9.78. The third kappa shape index (κ3) is 4.78. The first-order chi connectivity index (χ1) is 6.90. The van der Waals surface area contributed by atoms with Crippen molar-refractivity contribution >= 4 is 11.9 Å². The molecule has 0 saturated heterocycles. The van der Waals surface area contributed by atoms with Crippen LogP contribution < -0.4 is 5.32 Å². The Balaban J connectivity index is 4.22. The molecule has 0 aliphatic carbocycles. The highest BCUT2D eigenvalue weighted by atomic mass is 16.4. The third-order valence-electron chi connectivity index (χ3n) is 2.19. The zero-order chi connectivity index (χ0) is 12.0. The van der Waals surface area contributed by atoms with Crippen molar-refractivity contribution in [2.24, 2.45) is 0 Å². The lowest BCUT2D eigenvalue weighted by Crippen LogP contribution is -2.46. The number of carboxylic acid groups (broad SMARTS) is 1. The van der Waals surface area contributed by atoms with E-state index >= 15 is 0 Å². The van der Waals surface area contributed by atoms with E-state index in [0.717, 1.165) is 0 Å². The summed E-state index contributed by atoms with van der Waals surface area (Å²) < 4.78 is 0. The zero-order valence-corrected chi connectivity index (χ0v) is 9.78. The van der Waals surface area contributed by atoms with Gasteiger partial charge in [0.25, 0.3) is 0 Å². The van der Waals surface area contributed by atoms with Gasteiger partial charge in [0.2, 0.25) is 5.91 Å². The molecule has 0 fully saturated rings. The van der Waals surface area contributed by atoms with E-state index in [1.54, 1.807) is 6.92 Å². The monoisotopic (exact) mass is 216 g/mol. The Morgan fingerprint density at radius 1 is 1.40 bits per heavy atom. The number of carbonyl (C=O) groups excluding carboxylic acids is 1. The Kier molecular flexibility index (Phi) is 5.93. The van der Waals surface area contributed by atoms with Gasteiger partial charge in [-0.3, -0.25) is 4.79 Å². The molecule has 5 nitrogen and oxygen atoms in total. The molecule has 1 amide bonds. The second-order valence-corrected chi connectivity index (χ2v) is 3.80. The second-order valence-electron chi connectivity index (χ2n) is 3.80.